The number of Topliss-reactive ketones (excluding diaryl/α,β-unsaturated/α-hetero) is 1. The number of benzene rings is 2. The second-order valence-corrected chi connectivity index (χ2v) is 10.1. The van der Waals surface area contributed by atoms with Gasteiger partial charge in [0.25, 0.3) is 0 Å². The molecule has 36 heavy (non-hydrogen) atoms. The number of dihydropyridines is 1. The van der Waals surface area contributed by atoms with Gasteiger partial charge in [0.2, 0.25) is 0 Å². The van der Waals surface area contributed by atoms with Crippen LogP contribution in [0, 0.1) is 0 Å². The summed E-state index contributed by atoms with van der Waals surface area (Å²) in [6.07, 6.45) is 0.553. The molecule has 0 amide bonds. The average molecular weight is 530 g/mol. The number of hydrogen-bond acceptors (Lipinski definition) is 6. The minimum absolute atomic E-state index is 0.0538. The Hall–Kier alpha value is -2.96. The van der Waals surface area contributed by atoms with Crippen LogP contribution >= 0.6 is 23.2 Å². The molecule has 2 atom stereocenters. The largest absolute Gasteiger partial charge is 0.493 e. The molecule has 1 aliphatic heterocycles. The van der Waals surface area contributed by atoms with Crippen LogP contribution in [0.1, 0.15) is 56.6 Å². The van der Waals surface area contributed by atoms with Crippen molar-refractivity contribution in [1.29, 1.82) is 0 Å². The monoisotopic (exact) mass is 529 g/mol. The zero-order valence-electron chi connectivity index (χ0n) is 20.9. The van der Waals surface area contributed by atoms with Gasteiger partial charge in [-0.05, 0) is 68.5 Å². The molecule has 1 aliphatic carbocycles. The van der Waals surface area contributed by atoms with Crippen LogP contribution in [-0.2, 0) is 14.3 Å². The Bertz CT molecular complexity index is 1280. The molecule has 8 heteroatoms. The van der Waals surface area contributed by atoms with E-state index in [1.807, 2.05) is 25.1 Å². The number of nitrogens with one attached hydrogen (secondary N) is 1. The van der Waals surface area contributed by atoms with Crippen LogP contribution in [0.4, 0.5) is 0 Å². The molecule has 0 spiro atoms. The number of methoxy groups -OCH3 is 2. The number of hydrogen-bond donors (Lipinski definition) is 1. The van der Waals surface area contributed by atoms with E-state index in [1.54, 1.807) is 46.3 Å². The van der Waals surface area contributed by atoms with Crippen LogP contribution in [0.2, 0.25) is 10.0 Å². The third kappa shape index (κ3) is 4.97. The molecule has 2 unspecified atom stereocenters. The van der Waals surface area contributed by atoms with E-state index in [0.717, 1.165) is 11.3 Å². The van der Waals surface area contributed by atoms with E-state index in [1.165, 1.54) is 0 Å². The highest BCUT2D eigenvalue weighted by atomic mass is 35.5. The highest BCUT2D eigenvalue weighted by molar-refractivity contribution is 6.35. The van der Waals surface area contributed by atoms with Gasteiger partial charge in [0.15, 0.2) is 17.3 Å². The number of carbonyl (C=O) groups is 2. The molecule has 0 radical (unpaired) electrons. The summed E-state index contributed by atoms with van der Waals surface area (Å²) in [5.41, 5.74) is 3.95. The Balaban J connectivity index is 1.80. The number of halogens is 2. The standard InChI is InChI=1S/C28H29Cl2NO5/c1-14(2)36-28(33)25-15(3)31-21-10-17(16-6-9-23(34-4)24(12-16)35-5)11-22(32)27(21)26(25)19-8-7-18(29)13-20(19)30/h6-9,12-14,17,26,31H,10-11H2,1-5H3. The zero-order chi connectivity index (χ0) is 26.1. The topological polar surface area (TPSA) is 73.9 Å². The van der Waals surface area contributed by atoms with E-state index in [0.29, 0.717) is 50.4 Å². The lowest BCUT2D eigenvalue weighted by atomic mass is 9.71. The molecule has 1 heterocycles. The van der Waals surface area contributed by atoms with Crippen molar-refractivity contribution in [2.24, 2.45) is 0 Å². The maximum absolute atomic E-state index is 13.8. The van der Waals surface area contributed by atoms with Gasteiger partial charge >= 0.3 is 5.97 Å². The second-order valence-electron chi connectivity index (χ2n) is 9.25. The molecule has 2 aromatic carbocycles. The fraction of sp³-hybridized carbons (Fsp3) is 0.357. The molecule has 1 N–H and O–H groups in total. The summed E-state index contributed by atoms with van der Waals surface area (Å²) in [7, 11) is 3.17. The van der Waals surface area contributed by atoms with Crippen molar-refractivity contribution in [3.05, 3.63) is 80.1 Å². The molecule has 0 bridgehead atoms. The number of esters is 1. The Morgan fingerprint density at radius 3 is 2.39 bits per heavy atom. The predicted octanol–water partition coefficient (Wildman–Crippen LogP) is 6.32. The molecule has 2 aromatic rings. The lowest BCUT2D eigenvalue weighted by Gasteiger charge is -2.37. The van der Waals surface area contributed by atoms with Crippen LogP contribution in [-0.4, -0.2) is 32.1 Å². The SMILES string of the molecule is COc1ccc(C2CC(=O)C3=C(C2)NC(C)=C(C(=O)OC(C)C)C3c2ccc(Cl)cc2Cl)cc1OC. The zero-order valence-corrected chi connectivity index (χ0v) is 22.4. The van der Waals surface area contributed by atoms with Gasteiger partial charge in [0, 0.05) is 39.4 Å². The molecule has 190 valence electrons. The third-order valence-electron chi connectivity index (χ3n) is 6.54. The molecule has 0 aromatic heterocycles. The maximum atomic E-state index is 13.8. The fourth-order valence-electron chi connectivity index (χ4n) is 4.98. The van der Waals surface area contributed by atoms with Crippen molar-refractivity contribution < 1.29 is 23.8 Å². The highest BCUT2D eigenvalue weighted by Crippen LogP contribution is 2.48. The van der Waals surface area contributed by atoms with Gasteiger partial charge in [-0.15, -0.1) is 0 Å². The lowest BCUT2D eigenvalue weighted by molar-refractivity contribution is -0.143. The highest BCUT2D eigenvalue weighted by Gasteiger charge is 2.42. The number of carbonyl (C=O) groups excluding carboxylic acids is 2. The fourth-order valence-corrected chi connectivity index (χ4v) is 5.49. The molecule has 2 aliphatic rings. The smallest absolute Gasteiger partial charge is 0.337 e. The van der Waals surface area contributed by atoms with E-state index >= 15 is 0 Å². The van der Waals surface area contributed by atoms with Crippen LogP contribution in [0.25, 0.3) is 0 Å². The summed E-state index contributed by atoms with van der Waals surface area (Å²) >= 11 is 12.8. The van der Waals surface area contributed by atoms with E-state index in [2.05, 4.69) is 5.32 Å². The molecular weight excluding hydrogens is 501 g/mol. The minimum atomic E-state index is -0.656. The minimum Gasteiger partial charge on any atom is -0.493 e. The van der Waals surface area contributed by atoms with E-state index < -0.39 is 11.9 Å². The van der Waals surface area contributed by atoms with E-state index in [9.17, 15) is 9.59 Å². The van der Waals surface area contributed by atoms with Crippen LogP contribution in [0.3, 0.4) is 0 Å². The van der Waals surface area contributed by atoms with Crippen molar-refractivity contribution in [2.45, 2.75) is 51.6 Å². The summed E-state index contributed by atoms with van der Waals surface area (Å²) in [6.45, 7) is 5.40. The summed E-state index contributed by atoms with van der Waals surface area (Å²) in [5.74, 6) is -0.0182. The first-order valence-electron chi connectivity index (χ1n) is 11.8. The number of ketones is 1. The van der Waals surface area contributed by atoms with E-state index in [-0.39, 0.29) is 24.2 Å². The second kappa shape index (κ2) is 10.6. The van der Waals surface area contributed by atoms with E-state index in [4.69, 9.17) is 37.4 Å². The lowest BCUT2D eigenvalue weighted by Crippen LogP contribution is -2.36. The van der Waals surface area contributed by atoms with Gasteiger partial charge in [-0.2, -0.15) is 0 Å². The van der Waals surface area contributed by atoms with Gasteiger partial charge in [-0.25, -0.2) is 4.79 Å². The first kappa shape index (κ1) is 26.1. The number of rotatable bonds is 6. The van der Waals surface area contributed by atoms with Crippen molar-refractivity contribution in [1.82, 2.24) is 5.32 Å². The predicted molar refractivity (Wildman–Crippen MR) is 140 cm³/mol. The summed E-state index contributed by atoms with van der Waals surface area (Å²) < 4.78 is 16.4. The maximum Gasteiger partial charge on any atom is 0.337 e. The Morgan fingerprint density at radius 2 is 1.75 bits per heavy atom. The molecule has 0 saturated heterocycles. The molecule has 6 nitrogen and oxygen atoms in total. The summed E-state index contributed by atoms with van der Waals surface area (Å²) in [5, 5.41) is 4.21. The Morgan fingerprint density at radius 1 is 1.03 bits per heavy atom. The van der Waals surface area contributed by atoms with Gasteiger partial charge in [0.05, 0.1) is 25.9 Å². The third-order valence-corrected chi connectivity index (χ3v) is 7.11. The van der Waals surface area contributed by atoms with Crippen molar-refractivity contribution in [2.75, 3.05) is 14.2 Å². The number of allylic oxidation sites excluding steroid dienone is 3. The van der Waals surface area contributed by atoms with Gasteiger partial charge in [-0.1, -0.05) is 35.3 Å². The van der Waals surface area contributed by atoms with Crippen molar-refractivity contribution in [3.63, 3.8) is 0 Å². The van der Waals surface area contributed by atoms with Crippen molar-refractivity contribution in [3.8, 4) is 11.5 Å². The number of ether oxygens (including phenoxy) is 3. The van der Waals surface area contributed by atoms with Crippen LogP contribution < -0.4 is 14.8 Å². The Kier molecular flexibility index (Phi) is 7.67. The summed E-state index contributed by atoms with van der Waals surface area (Å²) in [4.78, 5) is 27.0. The van der Waals surface area contributed by atoms with Crippen LogP contribution in [0.15, 0.2) is 58.9 Å². The van der Waals surface area contributed by atoms with Gasteiger partial charge < -0.3 is 19.5 Å². The normalized spacial score (nSPS) is 19.7. The molecule has 0 fully saturated rings. The first-order chi connectivity index (χ1) is 17.1. The average Bonchev–Trinajstić information content (AvgIpc) is 2.82. The molecule has 0 saturated carbocycles. The Labute approximate surface area is 221 Å². The van der Waals surface area contributed by atoms with Gasteiger partial charge in [-0.3, -0.25) is 4.79 Å². The van der Waals surface area contributed by atoms with Gasteiger partial charge in [0.1, 0.15) is 0 Å². The van der Waals surface area contributed by atoms with Crippen LogP contribution in [0.5, 0.6) is 11.5 Å². The quantitative estimate of drug-likeness (QED) is 0.441. The molecular formula is C28H29Cl2NO5. The molecule has 4 rings (SSSR count). The summed E-state index contributed by atoms with van der Waals surface area (Å²) in [6, 6.07) is 10.8. The first-order valence-corrected chi connectivity index (χ1v) is 12.5. The van der Waals surface area contributed by atoms with Crippen molar-refractivity contribution >= 4 is 35.0 Å².